The Morgan fingerprint density at radius 3 is 2.46 bits per heavy atom. The topological polar surface area (TPSA) is 29.5 Å². The molecule has 0 heterocycles. The SMILES string of the molecule is CC(C)Oc1ccc(F)c(F)c1O. The molecule has 0 atom stereocenters. The van der Waals surface area contributed by atoms with E-state index in [4.69, 9.17) is 9.84 Å². The maximum Gasteiger partial charge on any atom is 0.204 e. The summed E-state index contributed by atoms with van der Waals surface area (Å²) in [4.78, 5) is 0. The molecule has 0 spiro atoms. The van der Waals surface area contributed by atoms with E-state index in [1.165, 1.54) is 6.07 Å². The smallest absolute Gasteiger partial charge is 0.204 e. The molecule has 0 aliphatic rings. The molecule has 0 radical (unpaired) electrons. The minimum atomic E-state index is -1.28. The van der Waals surface area contributed by atoms with Crippen molar-refractivity contribution in [2.24, 2.45) is 0 Å². The fraction of sp³-hybridized carbons (Fsp3) is 0.333. The predicted molar refractivity (Wildman–Crippen MR) is 43.8 cm³/mol. The molecule has 2 nitrogen and oxygen atoms in total. The van der Waals surface area contributed by atoms with Crippen molar-refractivity contribution in [2.75, 3.05) is 0 Å². The number of hydrogen-bond donors (Lipinski definition) is 1. The van der Waals surface area contributed by atoms with Gasteiger partial charge in [0.15, 0.2) is 17.3 Å². The zero-order valence-corrected chi connectivity index (χ0v) is 7.34. The van der Waals surface area contributed by atoms with Gasteiger partial charge in [-0.2, -0.15) is 4.39 Å². The number of phenolic OH excluding ortho intramolecular Hbond substituents is 1. The monoisotopic (exact) mass is 188 g/mol. The van der Waals surface area contributed by atoms with Gasteiger partial charge in [-0.25, -0.2) is 4.39 Å². The highest BCUT2D eigenvalue weighted by atomic mass is 19.2. The van der Waals surface area contributed by atoms with Crippen LogP contribution in [0.25, 0.3) is 0 Å². The summed E-state index contributed by atoms with van der Waals surface area (Å²) in [7, 11) is 0. The van der Waals surface area contributed by atoms with E-state index in [2.05, 4.69) is 0 Å². The summed E-state index contributed by atoms with van der Waals surface area (Å²) in [6.45, 7) is 3.45. The van der Waals surface area contributed by atoms with Crippen molar-refractivity contribution in [1.29, 1.82) is 0 Å². The molecule has 13 heavy (non-hydrogen) atoms. The van der Waals surface area contributed by atoms with Gasteiger partial charge in [-0.15, -0.1) is 0 Å². The van der Waals surface area contributed by atoms with Crippen LogP contribution >= 0.6 is 0 Å². The average Bonchev–Trinajstić information content (AvgIpc) is 2.06. The molecule has 1 aromatic carbocycles. The Morgan fingerprint density at radius 2 is 1.92 bits per heavy atom. The van der Waals surface area contributed by atoms with Crippen molar-refractivity contribution in [3.8, 4) is 11.5 Å². The van der Waals surface area contributed by atoms with Crippen molar-refractivity contribution < 1.29 is 18.6 Å². The minimum Gasteiger partial charge on any atom is -0.502 e. The summed E-state index contributed by atoms with van der Waals surface area (Å²) < 4.78 is 30.3. The molecule has 0 saturated heterocycles. The van der Waals surface area contributed by atoms with E-state index in [9.17, 15) is 8.78 Å². The van der Waals surface area contributed by atoms with Gasteiger partial charge in [0.05, 0.1) is 6.10 Å². The third-order valence-electron chi connectivity index (χ3n) is 1.39. The lowest BCUT2D eigenvalue weighted by molar-refractivity contribution is 0.227. The molecule has 0 aliphatic heterocycles. The molecule has 0 saturated carbocycles. The zero-order chi connectivity index (χ0) is 10.0. The van der Waals surface area contributed by atoms with Gasteiger partial charge in [-0.05, 0) is 26.0 Å². The van der Waals surface area contributed by atoms with Gasteiger partial charge >= 0.3 is 0 Å². The number of hydrogen-bond acceptors (Lipinski definition) is 2. The maximum absolute atomic E-state index is 12.7. The first-order chi connectivity index (χ1) is 6.02. The highest BCUT2D eigenvalue weighted by molar-refractivity contribution is 5.40. The molecular formula is C9H10F2O2. The van der Waals surface area contributed by atoms with Gasteiger partial charge in [-0.1, -0.05) is 0 Å². The summed E-state index contributed by atoms with van der Waals surface area (Å²) in [5.74, 6) is -3.20. The van der Waals surface area contributed by atoms with Gasteiger partial charge in [0.25, 0.3) is 0 Å². The number of ether oxygens (including phenoxy) is 1. The average molecular weight is 188 g/mol. The van der Waals surface area contributed by atoms with Crippen LogP contribution in [0.1, 0.15) is 13.8 Å². The van der Waals surface area contributed by atoms with Crippen LogP contribution in [0.4, 0.5) is 8.78 Å². The van der Waals surface area contributed by atoms with Crippen LogP contribution in [-0.2, 0) is 0 Å². The summed E-state index contributed by atoms with van der Waals surface area (Å²) in [5.41, 5.74) is 0. The van der Waals surface area contributed by atoms with Crippen molar-refractivity contribution in [3.05, 3.63) is 23.8 Å². The summed E-state index contributed by atoms with van der Waals surface area (Å²) in [6.07, 6.45) is -0.198. The number of phenols is 1. The number of rotatable bonds is 2. The fourth-order valence-corrected chi connectivity index (χ4v) is 0.871. The molecule has 72 valence electrons. The molecule has 4 heteroatoms. The minimum absolute atomic E-state index is 0.0473. The third kappa shape index (κ3) is 2.08. The van der Waals surface area contributed by atoms with Gasteiger partial charge < -0.3 is 9.84 Å². The molecule has 1 N–H and O–H groups in total. The third-order valence-corrected chi connectivity index (χ3v) is 1.39. The number of halogens is 2. The molecule has 0 fully saturated rings. The number of benzene rings is 1. The quantitative estimate of drug-likeness (QED) is 0.772. The Hall–Kier alpha value is -1.32. The normalized spacial score (nSPS) is 10.5. The van der Waals surface area contributed by atoms with Gasteiger partial charge in [0.1, 0.15) is 0 Å². The summed E-state index contributed by atoms with van der Waals surface area (Å²) >= 11 is 0. The predicted octanol–water partition coefficient (Wildman–Crippen LogP) is 2.46. The largest absolute Gasteiger partial charge is 0.502 e. The lowest BCUT2D eigenvalue weighted by atomic mass is 10.3. The van der Waals surface area contributed by atoms with E-state index in [1.54, 1.807) is 13.8 Å². The standard InChI is InChI=1S/C9H10F2O2/c1-5(2)13-7-4-3-6(10)8(11)9(7)12/h3-5,12H,1-2H3. The van der Waals surface area contributed by atoms with E-state index < -0.39 is 17.4 Å². The van der Waals surface area contributed by atoms with Crippen molar-refractivity contribution in [1.82, 2.24) is 0 Å². The lowest BCUT2D eigenvalue weighted by Crippen LogP contribution is -2.06. The van der Waals surface area contributed by atoms with Crippen molar-refractivity contribution >= 4 is 0 Å². The van der Waals surface area contributed by atoms with Crippen LogP contribution in [-0.4, -0.2) is 11.2 Å². The highest BCUT2D eigenvalue weighted by Gasteiger charge is 2.13. The second-order valence-electron chi connectivity index (χ2n) is 2.87. The molecule has 0 amide bonds. The summed E-state index contributed by atoms with van der Waals surface area (Å²) in [6, 6.07) is 2.10. The second kappa shape index (κ2) is 3.60. The van der Waals surface area contributed by atoms with Crippen molar-refractivity contribution in [2.45, 2.75) is 20.0 Å². The van der Waals surface area contributed by atoms with E-state index >= 15 is 0 Å². The Morgan fingerprint density at radius 1 is 1.31 bits per heavy atom. The molecule has 0 unspecified atom stereocenters. The first kappa shape index (κ1) is 9.77. The highest BCUT2D eigenvalue weighted by Crippen LogP contribution is 2.30. The maximum atomic E-state index is 12.7. The van der Waals surface area contributed by atoms with Crippen LogP contribution < -0.4 is 4.74 Å². The number of aromatic hydroxyl groups is 1. The molecule has 0 aromatic heterocycles. The Kier molecular flexibility index (Phi) is 2.70. The van der Waals surface area contributed by atoms with E-state index in [1.807, 2.05) is 0 Å². The van der Waals surface area contributed by atoms with Crippen molar-refractivity contribution in [3.63, 3.8) is 0 Å². The van der Waals surface area contributed by atoms with Crippen LogP contribution in [0.2, 0.25) is 0 Å². The van der Waals surface area contributed by atoms with Crippen LogP contribution in [0.3, 0.4) is 0 Å². The van der Waals surface area contributed by atoms with Crippen LogP contribution in [0, 0.1) is 11.6 Å². The van der Waals surface area contributed by atoms with E-state index in [-0.39, 0.29) is 11.9 Å². The second-order valence-corrected chi connectivity index (χ2v) is 2.87. The molecular weight excluding hydrogens is 178 g/mol. The first-order valence-electron chi connectivity index (χ1n) is 3.86. The van der Waals surface area contributed by atoms with Crippen LogP contribution in [0.5, 0.6) is 11.5 Å². The van der Waals surface area contributed by atoms with E-state index in [0.29, 0.717) is 0 Å². The van der Waals surface area contributed by atoms with Gasteiger partial charge in [0, 0.05) is 0 Å². The van der Waals surface area contributed by atoms with Gasteiger partial charge in [0.2, 0.25) is 5.82 Å². The fourth-order valence-electron chi connectivity index (χ4n) is 0.871. The zero-order valence-electron chi connectivity index (χ0n) is 7.34. The Labute approximate surface area is 74.8 Å². The van der Waals surface area contributed by atoms with E-state index in [0.717, 1.165) is 6.07 Å². The molecule has 0 bridgehead atoms. The first-order valence-corrected chi connectivity index (χ1v) is 3.86. The molecule has 0 aliphatic carbocycles. The Balaban J connectivity index is 3.04. The Bertz CT molecular complexity index is 311. The van der Waals surface area contributed by atoms with Crippen LogP contribution in [0.15, 0.2) is 12.1 Å². The summed E-state index contributed by atoms with van der Waals surface area (Å²) in [5, 5.41) is 9.09. The lowest BCUT2D eigenvalue weighted by Gasteiger charge is -2.11. The molecule has 1 rings (SSSR count). The molecule has 1 aromatic rings. The van der Waals surface area contributed by atoms with Gasteiger partial charge in [-0.3, -0.25) is 0 Å².